The Morgan fingerprint density at radius 3 is 2.20 bits per heavy atom. The molecule has 2 atom stereocenters. The van der Waals surface area contributed by atoms with Crippen molar-refractivity contribution in [2.24, 2.45) is 0 Å². The van der Waals surface area contributed by atoms with Gasteiger partial charge in [-0.2, -0.15) is 0 Å². The Kier molecular flexibility index (Phi) is 8.09. The molecule has 9 heteroatoms. The van der Waals surface area contributed by atoms with E-state index >= 15 is 0 Å². The lowest BCUT2D eigenvalue weighted by molar-refractivity contribution is -0.134. The summed E-state index contributed by atoms with van der Waals surface area (Å²) in [5.41, 5.74) is 4.05. The van der Waals surface area contributed by atoms with Crippen LogP contribution in [0.1, 0.15) is 42.2 Å². The van der Waals surface area contributed by atoms with Gasteiger partial charge in [-0.1, -0.05) is 29.8 Å². The molecule has 1 saturated heterocycles. The number of benzene rings is 3. The molecule has 2 aliphatic heterocycles. The molecule has 40 heavy (non-hydrogen) atoms. The monoisotopic (exact) mass is 560 g/mol. The summed E-state index contributed by atoms with van der Waals surface area (Å²) in [6.07, 6.45) is 0.583. The fourth-order valence-electron chi connectivity index (χ4n) is 5.79. The van der Waals surface area contributed by atoms with Crippen LogP contribution in [0, 0.1) is 0 Å². The molecule has 0 radical (unpaired) electrons. The molecule has 0 bridgehead atoms. The van der Waals surface area contributed by atoms with Gasteiger partial charge in [0.15, 0.2) is 0 Å². The quantitative estimate of drug-likeness (QED) is 0.496. The van der Waals surface area contributed by atoms with Crippen molar-refractivity contribution >= 4 is 46.4 Å². The summed E-state index contributed by atoms with van der Waals surface area (Å²) in [5, 5.41) is 9.71. The predicted molar refractivity (Wildman–Crippen MR) is 157 cm³/mol. The van der Waals surface area contributed by atoms with E-state index in [0.29, 0.717) is 43.2 Å². The van der Waals surface area contributed by atoms with E-state index in [-0.39, 0.29) is 29.8 Å². The number of carbonyl (C=O) groups is 3. The molecule has 1 N–H and O–H groups in total. The molecule has 2 heterocycles. The third-order valence-electron chi connectivity index (χ3n) is 7.78. The van der Waals surface area contributed by atoms with Crippen LogP contribution < -0.4 is 14.7 Å². The molecule has 8 nitrogen and oxygen atoms in total. The number of anilines is 3. The summed E-state index contributed by atoms with van der Waals surface area (Å²) in [6.45, 7) is 5.54. The molecule has 0 spiro atoms. The molecule has 2 unspecified atom stereocenters. The fourth-order valence-corrected chi connectivity index (χ4v) is 5.91. The number of nitrogens with zero attached hydrogens (tertiary/aromatic N) is 4. The van der Waals surface area contributed by atoms with Crippen molar-refractivity contribution in [3.63, 3.8) is 0 Å². The molecule has 208 valence electrons. The zero-order valence-corrected chi connectivity index (χ0v) is 23.4. The van der Waals surface area contributed by atoms with Gasteiger partial charge in [-0.15, -0.1) is 0 Å². The lowest BCUT2D eigenvalue weighted by Crippen LogP contribution is -2.49. The number of carbonyl (C=O) groups excluding carboxylic acids is 3. The van der Waals surface area contributed by atoms with Crippen LogP contribution in [-0.2, 0) is 9.59 Å². The van der Waals surface area contributed by atoms with Crippen LogP contribution in [0.15, 0.2) is 72.8 Å². The van der Waals surface area contributed by atoms with Gasteiger partial charge in [0.2, 0.25) is 11.8 Å². The number of amides is 3. The number of halogens is 1. The molecule has 3 aromatic carbocycles. The summed E-state index contributed by atoms with van der Waals surface area (Å²) in [4.78, 5) is 46.0. The maximum Gasteiger partial charge on any atom is 0.258 e. The van der Waals surface area contributed by atoms with Gasteiger partial charge in [0, 0.05) is 66.8 Å². The second-order valence-electron chi connectivity index (χ2n) is 10.3. The Morgan fingerprint density at radius 1 is 0.925 bits per heavy atom. The summed E-state index contributed by atoms with van der Waals surface area (Å²) >= 11 is 6.10. The Balaban J connectivity index is 1.38. The molecule has 0 aromatic heterocycles. The van der Waals surface area contributed by atoms with Crippen molar-refractivity contribution < 1.29 is 19.5 Å². The maximum absolute atomic E-state index is 13.9. The maximum atomic E-state index is 13.9. The molecule has 5 rings (SSSR count). The van der Waals surface area contributed by atoms with Crippen molar-refractivity contribution in [2.45, 2.75) is 32.4 Å². The van der Waals surface area contributed by atoms with Crippen molar-refractivity contribution in [3.05, 3.63) is 88.9 Å². The SMILES string of the molecule is CC(=O)N(c1ccc(Cl)cc1)C1CC(C)N(C(=O)c2ccc(N3CCN(C(=O)CO)CC3)cc2)c2ccccc21. The minimum absolute atomic E-state index is 0.0775. The van der Waals surface area contributed by atoms with Gasteiger partial charge >= 0.3 is 0 Å². The minimum atomic E-state index is -0.469. The Labute approximate surface area is 239 Å². The molecular formula is C31H33ClN4O4. The number of aliphatic hydroxyl groups is 1. The van der Waals surface area contributed by atoms with E-state index in [9.17, 15) is 14.4 Å². The van der Waals surface area contributed by atoms with Gasteiger partial charge in [0.05, 0.1) is 6.04 Å². The van der Waals surface area contributed by atoms with Crippen LogP contribution in [0.2, 0.25) is 5.02 Å². The molecule has 3 amide bonds. The zero-order chi connectivity index (χ0) is 28.4. The number of fused-ring (bicyclic) bond motifs is 1. The van der Waals surface area contributed by atoms with Gasteiger partial charge in [0.1, 0.15) is 6.61 Å². The highest BCUT2D eigenvalue weighted by atomic mass is 35.5. The first-order valence-electron chi connectivity index (χ1n) is 13.5. The predicted octanol–water partition coefficient (Wildman–Crippen LogP) is 4.51. The van der Waals surface area contributed by atoms with Gasteiger partial charge in [0.25, 0.3) is 5.91 Å². The van der Waals surface area contributed by atoms with Crippen LogP contribution >= 0.6 is 11.6 Å². The lowest BCUT2D eigenvalue weighted by atomic mass is 9.89. The smallest absolute Gasteiger partial charge is 0.258 e. The molecule has 0 saturated carbocycles. The first-order valence-corrected chi connectivity index (χ1v) is 13.9. The average Bonchev–Trinajstić information content (AvgIpc) is 2.97. The number of aliphatic hydroxyl groups excluding tert-OH is 1. The van der Waals surface area contributed by atoms with Crippen LogP contribution in [0.25, 0.3) is 0 Å². The first-order chi connectivity index (χ1) is 19.3. The van der Waals surface area contributed by atoms with Crippen LogP contribution in [0.3, 0.4) is 0 Å². The Bertz CT molecular complexity index is 1390. The van der Waals surface area contributed by atoms with Crippen LogP contribution in [-0.4, -0.2) is 66.6 Å². The minimum Gasteiger partial charge on any atom is -0.387 e. The first kappa shape index (κ1) is 27.7. The van der Waals surface area contributed by atoms with Gasteiger partial charge < -0.3 is 24.7 Å². The summed E-state index contributed by atoms with van der Waals surface area (Å²) in [7, 11) is 0. The lowest BCUT2D eigenvalue weighted by Gasteiger charge is -2.43. The van der Waals surface area contributed by atoms with E-state index in [0.717, 1.165) is 22.6 Å². The van der Waals surface area contributed by atoms with Crippen LogP contribution in [0.5, 0.6) is 0 Å². The third-order valence-corrected chi connectivity index (χ3v) is 8.03. The normalized spacial score (nSPS) is 18.8. The number of hydrogen-bond acceptors (Lipinski definition) is 5. The van der Waals surface area contributed by atoms with E-state index in [1.54, 1.807) is 28.9 Å². The number of para-hydroxylation sites is 1. The van der Waals surface area contributed by atoms with Gasteiger partial charge in [-0.05, 0) is 73.5 Å². The van der Waals surface area contributed by atoms with E-state index in [1.165, 1.54) is 0 Å². The van der Waals surface area contributed by atoms with Crippen molar-refractivity contribution in [3.8, 4) is 0 Å². The molecular weight excluding hydrogens is 528 g/mol. The average molecular weight is 561 g/mol. The van der Waals surface area contributed by atoms with E-state index in [1.807, 2.05) is 72.5 Å². The van der Waals surface area contributed by atoms with E-state index in [4.69, 9.17) is 16.7 Å². The van der Waals surface area contributed by atoms with Gasteiger partial charge in [-0.25, -0.2) is 0 Å². The second kappa shape index (κ2) is 11.7. The van der Waals surface area contributed by atoms with Crippen molar-refractivity contribution in [1.29, 1.82) is 0 Å². The number of hydrogen-bond donors (Lipinski definition) is 1. The zero-order valence-electron chi connectivity index (χ0n) is 22.7. The van der Waals surface area contributed by atoms with E-state index in [2.05, 4.69) is 4.90 Å². The molecule has 1 fully saturated rings. The van der Waals surface area contributed by atoms with Crippen molar-refractivity contribution in [1.82, 2.24) is 4.90 Å². The Hall–Kier alpha value is -3.88. The standard InChI is InChI=1S/C31H33ClN4O4/c1-21-19-29(36(22(2)38)26-13-9-24(32)10-14-26)27-5-3-4-6-28(27)35(21)31(40)23-7-11-25(12-8-23)33-15-17-34(18-16-33)30(39)20-37/h3-14,21,29,37H,15-20H2,1-2H3. The molecule has 2 aliphatic rings. The van der Waals surface area contributed by atoms with E-state index < -0.39 is 6.61 Å². The summed E-state index contributed by atoms with van der Waals surface area (Å²) in [5.74, 6) is -0.422. The summed E-state index contributed by atoms with van der Waals surface area (Å²) < 4.78 is 0. The highest BCUT2D eigenvalue weighted by Gasteiger charge is 2.38. The highest BCUT2D eigenvalue weighted by molar-refractivity contribution is 6.30. The third kappa shape index (κ3) is 5.42. The molecule has 3 aromatic rings. The number of piperazine rings is 1. The van der Waals surface area contributed by atoms with Crippen molar-refractivity contribution in [2.75, 3.05) is 47.5 Å². The van der Waals surface area contributed by atoms with Crippen LogP contribution in [0.4, 0.5) is 17.1 Å². The number of rotatable bonds is 5. The Morgan fingerprint density at radius 2 is 1.57 bits per heavy atom. The van der Waals surface area contributed by atoms with Gasteiger partial charge in [-0.3, -0.25) is 14.4 Å². The largest absolute Gasteiger partial charge is 0.387 e. The topological polar surface area (TPSA) is 84.4 Å². The fraction of sp³-hybridized carbons (Fsp3) is 0.323. The molecule has 0 aliphatic carbocycles. The summed E-state index contributed by atoms with van der Waals surface area (Å²) in [6, 6.07) is 22.2. The second-order valence-corrected chi connectivity index (χ2v) is 10.7. The highest BCUT2D eigenvalue weighted by Crippen LogP contribution is 2.43.